The average molecular weight is 489 g/mol. The number of carbonyl (C=O) groups is 3. The van der Waals surface area contributed by atoms with E-state index < -0.39 is 17.7 Å². The second kappa shape index (κ2) is 9.94. The normalized spacial score (nSPS) is 18.9. The summed E-state index contributed by atoms with van der Waals surface area (Å²) in [5, 5.41) is 2.91. The summed E-state index contributed by atoms with van der Waals surface area (Å²) in [6.45, 7) is 3.16. The van der Waals surface area contributed by atoms with Gasteiger partial charge >= 0.3 is 0 Å². The number of nitrogens with zero attached hydrogens (tertiary/aromatic N) is 3. The zero-order chi connectivity index (χ0) is 25.1. The Kier molecular flexibility index (Phi) is 6.56. The topological polar surface area (TPSA) is 105 Å². The van der Waals surface area contributed by atoms with Crippen molar-refractivity contribution in [1.82, 2.24) is 20.1 Å². The molecule has 36 heavy (non-hydrogen) atoms. The highest BCUT2D eigenvalue weighted by Crippen LogP contribution is 2.39. The fraction of sp³-hybridized carbons (Fsp3) is 0.333. The summed E-state index contributed by atoms with van der Waals surface area (Å²) in [5.74, 6) is -0.620. The number of amides is 3. The van der Waals surface area contributed by atoms with Crippen molar-refractivity contribution in [2.24, 2.45) is 0 Å². The lowest BCUT2D eigenvalue weighted by molar-refractivity contribution is -0.128. The van der Waals surface area contributed by atoms with Crippen LogP contribution in [0.2, 0.25) is 0 Å². The Hall–Kier alpha value is -3.98. The van der Waals surface area contributed by atoms with E-state index in [1.165, 1.54) is 11.2 Å². The molecule has 3 amide bonds. The number of pyridine rings is 1. The lowest BCUT2D eigenvalue weighted by Gasteiger charge is -2.44. The van der Waals surface area contributed by atoms with E-state index in [1.807, 2.05) is 43.3 Å². The van der Waals surface area contributed by atoms with Gasteiger partial charge in [-0.05, 0) is 48.9 Å². The minimum atomic E-state index is -0.993. The van der Waals surface area contributed by atoms with Crippen molar-refractivity contribution in [3.05, 3.63) is 89.6 Å². The summed E-state index contributed by atoms with van der Waals surface area (Å²) >= 11 is 0. The summed E-state index contributed by atoms with van der Waals surface area (Å²) < 4.78 is 11.6. The third kappa shape index (κ3) is 4.61. The monoisotopic (exact) mass is 488 g/mol. The fourth-order valence-electron chi connectivity index (χ4n) is 4.83. The van der Waals surface area contributed by atoms with Crippen molar-refractivity contribution in [2.75, 3.05) is 19.7 Å². The van der Waals surface area contributed by atoms with Crippen LogP contribution in [0.4, 0.5) is 0 Å². The SMILES string of the molecule is Cc1ccc(C(=O)N2CCC3(CC2)OCC(C(=O)NCc2ccncc2)N3C(=O)c2ccco2)cc1. The maximum absolute atomic E-state index is 13.5. The van der Waals surface area contributed by atoms with Gasteiger partial charge in [-0.25, -0.2) is 0 Å². The molecular weight excluding hydrogens is 460 g/mol. The largest absolute Gasteiger partial charge is 0.459 e. The Morgan fingerprint density at radius 3 is 2.42 bits per heavy atom. The molecule has 1 aromatic carbocycles. The van der Waals surface area contributed by atoms with Crippen molar-refractivity contribution < 1.29 is 23.5 Å². The van der Waals surface area contributed by atoms with Crippen molar-refractivity contribution in [2.45, 2.75) is 38.1 Å². The highest BCUT2D eigenvalue weighted by atomic mass is 16.5. The van der Waals surface area contributed by atoms with Crippen LogP contribution >= 0.6 is 0 Å². The molecule has 9 nitrogen and oxygen atoms in total. The highest BCUT2D eigenvalue weighted by molar-refractivity contribution is 5.97. The molecule has 4 heterocycles. The van der Waals surface area contributed by atoms with Crippen molar-refractivity contribution >= 4 is 17.7 Å². The standard InChI is InChI=1S/C27H28N4O5/c1-19-4-6-21(7-5-19)25(33)30-14-10-27(11-15-30)31(26(34)23-3-2-16-35-23)22(18-36-27)24(32)29-17-20-8-12-28-13-9-20/h2-9,12-13,16,22H,10-11,14-15,17-18H2,1H3,(H,29,32). The quantitative estimate of drug-likeness (QED) is 0.592. The van der Waals surface area contributed by atoms with Gasteiger partial charge in [-0.2, -0.15) is 0 Å². The number of furan rings is 1. The number of piperidine rings is 1. The second-order valence-electron chi connectivity index (χ2n) is 9.16. The summed E-state index contributed by atoms with van der Waals surface area (Å²) in [5.41, 5.74) is 1.62. The molecule has 0 aliphatic carbocycles. The Bertz CT molecular complexity index is 1220. The van der Waals surface area contributed by atoms with Crippen LogP contribution in [0.25, 0.3) is 0 Å². The minimum Gasteiger partial charge on any atom is -0.459 e. The van der Waals surface area contributed by atoms with Crippen LogP contribution < -0.4 is 5.32 Å². The first kappa shape index (κ1) is 23.7. The molecule has 186 valence electrons. The first-order valence-electron chi connectivity index (χ1n) is 12.0. The van der Waals surface area contributed by atoms with Gasteiger partial charge < -0.3 is 19.4 Å². The van der Waals surface area contributed by atoms with Crippen LogP contribution in [0.5, 0.6) is 0 Å². The number of nitrogens with one attached hydrogen (secondary N) is 1. The van der Waals surface area contributed by atoms with Gasteiger partial charge in [0.2, 0.25) is 5.91 Å². The van der Waals surface area contributed by atoms with E-state index in [9.17, 15) is 14.4 Å². The minimum absolute atomic E-state index is 0.0570. The van der Waals surface area contributed by atoms with E-state index in [0.717, 1.165) is 11.1 Å². The van der Waals surface area contributed by atoms with Crippen LogP contribution in [0.1, 0.15) is 44.9 Å². The predicted octanol–water partition coefficient (Wildman–Crippen LogP) is 2.77. The van der Waals surface area contributed by atoms with E-state index >= 15 is 0 Å². The number of hydrogen-bond donors (Lipinski definition) is 1. The van der Waals surface area contributed by atoms with Crippen LogP contribution in [0.3, 0.4) is 0 Å². The first-order chi connectivity index (χ1) is 17.5. The molecule has 0 saturated carbocycles. The van der Waals surface area contributed by atoms with Gasteiger partial charge in [-0.3, -0.25) is 24.3 Å². The van der Waals surface area contributed by atoms with Gasteiger partial charge in [0.1, 0.15) is 11.8 Å². The number of hydrogen-bond acceptors (Lipinski definition) is 6. The number of ether oxygens (including phenoxy) is 1. The van der Waals surface area contributed by atoms with Gasteiger partial charge in [0.15, 0.2) is 5.76 Å². The molecule has 2 aliphatic rings. The summed E-state index contributed by atoms with van der Waals surface area (Å²) in [7, 11) is 0. The van der Waals surface area contributed by atoms with Crippen LogP contribution in [-0.4, -0.2) is 64.0 Å². The Labute approximate surface area is 209 Å². The average Bonchev–Trinajstić information content (AvgIpc) is 3.57. The van der Waals surface area contributed by atoms with Gasteiger partial charge in [0.25, 0.3) is 11.8 Å². The number of benzene rings is 1. The molecule has 1 unspecified atom stereocenters. The molecule has 2 fully saturated rings. The van der Waals surface area contributed by atoms with Crippen molar-refractivity contribution in [1.29, 1.82) is 0 Å². The molecule has 0 bridgehead atoms. The van der Waals surface area contributed by atoms with Crippen LogP contribution in [0, 0.1) is 6.92 Å². The first-order valence-corrected chi connectivity index (χ1v) is 12.0. The molecule has 0 radical (unpaired) electrons. The van der Waals surface area contributed by atoms with E-state index in [1.54, 1.807) is 29.4 Å². The fourth-order valence-corrected chi connectivity index (χ4v) is 4.83. The molecule has 3 aromatic rings. The molecule has 9 heteroatoms. The maximum atomic E-state index is 13.5. The molecule has 1 atom stereocenters. The summed E-state index contributed by atoms with van der Waals surface area (Å²) in [6, 6.07) is 13.5. The summed E-state index contributed by atoms with van der Waals surface area (Å²) in [4.78, 5) is 47.0. The molecule has 2 aromatic heterocycles. The van der Waals surface area contributed by atoms with Gasteiger partial charge in [0, 0.05) is 50.4 Å². The van der Waals surface area contributed by atoms with E-state index in [4.69, 9.17) is 9.15 Å². The van der Waals surface area contributed by atoms with E-state index in [2.05, 4.69) is 10.3 Å². The number of carbonyl (C=O) groups excluding carboxylic acids is 3. The van der Waals surface area contributed by atoms with Gasteiger partial charge in [0.05, 0.1) is 12.9 Å². The van der Waals surface area contributed by atoms with Crippen LogP contribution in [0.15, 0.2) is 71.6 Å². The lowest BCUT2D eigenvalue weighted by Crippen LogP contribution is -2.59. The number of likely N-dealkylation sites (tertiary alicyclic amines) is 1. The third-order valence-electron chi connectivity index (χ3n) is 6.86. The summed E-state index contributed by atoms with van der Waals surface area (Å²) in [6.07, 6.45) is 5.54. The van der Waals surface area contributed by atoms with Crippen LogP contribution in [-0.2, 0) is 16.1 Å². The number of aryl methyl sites for hydroxylation is 1. The van der Waals surface area contributed by atoms with Gasteiger partial charge in [-0.1, -0.05) is 17.7 Å². The number of aromatic nitrogens is 1. The molecule has 1 N–H and O–H groups in total. The van der Waals surface area contributed by atoms with E-state index in [0.29, 0.717) is 38.0 Å². The lowest BCUT2D eigenvalue weighted by atomic mass is 9.96. The maximum Gasteiger partial charge on any atom is 0.292 e. The second-order valence-corrected chi connectivity index (χ2v) is 9.16. The smallest absolute Gasteiger partial charge is 0.292 e. The van der Waals surface area contributed by atoms with Crippen molar-refractivity contribution in [3.63, 3.8) is 0 Å². The number of rotatable bonds is 5. The third-order valence-corrected chi connectivity index (χ3v) is 6.86. The molecule has 2 saturated heterocycles. The van der Waals surface area contributed by atoms with E-state index in [-0.39, 0.29) is 24.2 Å². The predicted molar refractivity (Wildman–Crippen MR) is 130 cm³/mol. The Balaban J connectivity index is 1.33. The molecule has 5 rings (SSSR count). The molecular formula is C27H28N4O5. The molecule has 1 spiro atoms. The van der Waals surface area contributed by atoms with Crippen molar-refractivity contribution in [3.8, 4) is 0 Å². The van der Waals surface area contributed by atoms with Gasteiger partial charge in [-0.15, -0.1) is 0 Å². The Morgan fingerprint density at radius 1 is 1.03 bits per heavy atom. The highest BCUT2D eigenvalue weighted by Gasteiger charge is 2.54. The zero-order valence-corrected chi connectivity index (χ0v) is 20.1. The molecule has 2 aliphatic heterocycles. The zero-order valence-electron chi connectivity index (χ0n) is 20.1. The Morgan fingerprint density at radius 2 is 1.75 bits per heavy atom.